The molecule has 1 atom stereocenters. The topological polar surface area (TPSA) is 58.5 Å². The normalized spacial score (nSPS) is 19.8. The van der Waals surface area contributed by atoms with E-state index in [2.05, 4.69) is 28.7 Å². The summed E-state index contributed by atoms with van der Waals surface area (Å²) in [5, 5.41) is 10.5. The smallest absolute Gasteiger partial charge is 0.319 e. The molecule has 1 aromatic heterocycles. The summed E-state index contributed by atoms with van der Waals surface area (Å²) >= 11 is 0. The maximum absolute atomic E-state index is 10.5. The summed E-state index contributed by atoms with van der Waals surface area (Å²) in [6.07, 6.45) is 6.89. The minimum absolute atomic E-state index is 0.224. The van der Waals surface area contributed by atoms with Crippen molar-refractivity contribution in [1.82, 2.24) is 9.97 Å². The van der Waals surface area contributed by atoms with Gasteiger partial charge in [0.05, 0.1) is 5.69 Å². The Labute approximate surface area is 126 Å². The van der Waals surface area contributed by atoms with E-state index in [9.17, 15) is 5.11 Å². The van der Waals surface area contributed by atoms with Crippen molar-refractivity contribution in [3.8, 4) is 11.8 Å². The van der Waals surface area contributed by atoms with Crippen molar-refractivity contribution in [2.45, 2.75) is 64.4 Å². The van der Waals surface area contributed by atoms with Gasteiger partial charge in [0.25, 0.3) is 0 Å². The lowest BCUT2D eigenvalue weighted by molar-refractivity contribution is 0.108. The standard InChI is InChI=1S/C16H25N3O2/c1-3-6-11(2)13-14(20)15(19-9-5-10-19)18-16(17-13)21-12-7-4-8-12/h11-12,20H,3-10H2,1-2H3. The van der Waals surface area contributed by atoms with Gasteiger partial charge in [-0.3, -0.25) is 0 Å². The monoisotopic (exact) mass is 291 g/mol. The average molecular weight is 291 g/mol. The number of hydrogen-bond acceptors (Lipinski definition) is 5. The van der Waals surface area contributed by atoms with E-state index in [1.807, 2.05) is 0 Å². The Hall–Kier alpha value is -1.52. The van der Waals surface area contributed by atoms with Crippen molar-refractivity contribution >= 4 is 5.82 Å². The molecule has 1 saturated heterocycles. The second kappa shape index (κ2) is 6.08. The molecule has 116 valence electrons. The molecule has 2 aliphatic rings. The Kier molecular flexibility index (Phi) is 4.17. The molecule has 1 aromatic rings. The number of aromatic hydroxyl groups is 1. The number of hydrogen-bond donors (Lipinski definition) is 1. The summed E-state index contributed by atoms with van der Waals surface area (Å²) in [4.78, 5) is 11.1. The zero-order chi connectivity index (χ0) is 14.8. The second-order valence-corrected chi connectivity index (χ2v) is 6.26. The van der Waals surface area contributed by atoms with Crippen LogP contribution in [0, 0.1) is 0 Å². The molecule has 0 bridgehead atoms. The van der Waals surface area contributed by atoms with Gasteiger partial charge in [-0.1, -0.05) is 20.3 Å². The summed E-state index contributed by atoms with van der Waals surface area (Å²) in [7, 11) is 0. The van der Waals surface area contributed by atoms with Crippen molar-refractivity contribution in [3.05, 3.63) is 5.69 Å². The SMILES string of the molecule is CCCC(C)c1nc(OC2CCC2)nc(N2CCC2)c1O. The summed E-state index contributed by atoms with van der Waals surface area (Å²) < 4.78 is 5.87. The molecule has 1 aliphatic heterocycles. The highest BCUT2D eigenvalue weighted by molar-refractivity contribution is 5.56. The zero-order valence-electron chi connectivity index (χ0n) is 13.0. The molecule has 21 heavy (non-hydrogen) atoms. The van der Waals surface area contributed by atoms with Crippen LogP contribution in [0.2, 0.25) is 0 Å². The van der Waals surface area contributed by atoms with E-state index < -0.39 is 0 Å². The number of anilines is 1. The molecule has 0 amide bonds. The fourth-order valence-corrected chi connectivity index (χ4v) is 2.79. The predicted molar refractivity (Wildman–Crippen MR) is 82.1 cm³/mol. The summed E-state index contributed by atoms with van der Waals surface area (Å²) in [6, 6.07) is 0.442. The van der Waals surface area contributed by atoms with Gasteiger partial charge < -0.3 is 14.7 Å². The van der Waals surface area contributed by atoms with Gasteiger partial charge in [-0.2, -0.15) is 9.97 Å². The lowest BCUT2D eigenvalue weighted by atomic mass is 9.96. The molecule has 0 radical (unpaired) electrons. The zero-order valence-corrected chi connectivity index (χ0v) is 13.0. The molecule has 2 heterocycles. The molecular formula is C16H25N3O2. The van der Waals surface area contributed by atoms with Crippen LogP contribution in [0.1, 0.15) is 64.0 Å². The Balaban J connectivity index is 1.89. The van der Waals surface area contributed by atoms with E-state index in [0.29, 0.717) is 11.8 Å². The molecule has 1 saturated carbocycles. The molecule has 2 fully saturated rings. The van der Waals surface area contributed by atoms with Gasteiger partial charge in [0.1, 0.15) is 6.10 Å². The minimum atomic E-state index is 0.224. The van der Waals surface area contributed by atoms with Gasteiger partial charge >= 0.3 is 6.01 Å². The van der Waals surface area contributed by atoms with Gasteiger partial charge in [0.15, 0.2) is 11.6 Å². The largest absolute Gasteiger partial charge is 0.503 e. The molecule has 5 nitrogen and oxygen atoms in total. The third kappa shape index (κ3) is 2.92. The third-order valence-corrected chi connectivity index (χ3v) is 4.54. The highest BCUT2D eigenvalue weighted by Gasteiger charge is 2.27. The Morgan fingerprint density at radius 2 is 2.05 bits per heavy atom. The van der Waals surface area contributed by atoms with Crippen LogP contribution in [0.3, 0.4) is 0 Å². The van der Waals surface area contributed by atoms with Crippen LogP contribution in [0.5, 0.6) is 11.8 Å². The van der Waals surface area contributed by atoms with E-state index in [1.54, 1.807) is 0 Å². The van der Waals surface area contributed by atoms with Gasteiger partial charge in [-0.05, 0) is 32.1 Å². The molecule has 3 rings (SSSR count). The Morgan fingerprint density at radius 1 is 1.29 bits per heavy atom. The van der Waals surface area contributed by atoms with Gasteiger partial charge in [0.2, 0.25) is 0 Å². The maximum atomic E-state index is 10.5. The quantitative estimate of drug-likeness (QED) is 0.872. The molecule has 1 aliphatic carbocycles. The van der Waals surface area contributed by atoms with Crippen molar-refractivity contribution in [3.63, 3.8) is 0 Å². The summed E-state index contributed by atoms with van der Waals surface area (Å²) in [6.45, 7) is 6.17. The highest BCUT2D eigenvalue weighted by atomic mass is 16.5. The van der Waals surface area contributed by atoms with Crippen molar-refractivity contribution in [1.29, 1.82) is 0 Å². The number of ether oxygens (including phenoxy) is 1. The molecule has 0 aromatic carbocycles. The fraction of sp³-hybridized carbons (Fsp3) is 0.750. The highest BCUT2D eigenvalue weighted by Crippen LogP contribution is 2.38. The van der Waals surface area contributed by atoms with Crippen molar-refractivity contribution in [2.75, 3.05) is 18.0 Å². The van der Waals surface area contributed by atoms with Crippen LogP contribution in [0.15, 0.2) is 0 Å². The third-order valence-electron chi connectivity index (χ3n) is 4.54. The van der Waals surface area contributed by atoms with Crippen molar-refractivity contribution < 1.29 is 9.84 Å². The lowest BCUT2D eigenvalue weighted by Crippen LogP contribution is -2.38. The molecule has 1 N–H and O–H groups in total. The first-order chi connectivity index (χ1) is 10.2. The van der Waals surface area contributed by atoms with Gasteiger partial charge in [-0.15, -0.1) is 0 Å². The number of aromatic nitrogens is 2. The molecule has 1 unspecified atom stereocenters. The summed E-state index contributed by atoms with van der Waals surface area (Å²) in [5.74, 6) is 1.13. The first-order valence-electron chi connectivity index (χ1n) is 8.21. The first kappa shape index (κ1) is 14.4. The maximum Gasteiger partial charge on any atom is 0.319 e. The van der Waals surface area contributed by atoms with E-state index >= 15 is 0 Å². The number of rotatable bonds is 6. The Morgan fingerprint density at radius 3 is 2.57 bits per heavy atom. The van der Waals surface area contributed by atoms with Crippen LogP contribution in [0.4, 0.5) is 5.82 Å². The van der Waals surface area contributed by atoms with E-state index in [1.165, 1.54) is 6.42 Å². The van der Waals surface area contributed by atoms with Crippen LogP contribution in [-0.2, 0) is 0 Å². The fourth-order valence-electron chi connectivity index (χ4n) is 2.79. The first-order valence-corrected chi connectivity index (χ1v) is 8.21. The van der Waals surface area contributed by atoms with Crippen molar-refractivity contribution in [2.24, 2.45) is 0 Å². The van der Waals surface area contributed by atoms with Crippen LogP contribution >= 0.6 is 0 Å². The average Bonchev–Trinajstić information content (AvgIpc) is 2.35. The lowest BCUT2D eigenvalue weighted by Gasteiger charge is -2.33. The molecule has 5 heteroatoms. The Bertz CT molecular complexity index is 499. The van der Waals surface area contributed by atoms with Gasteiger partial charge in [-0.25, -0.2) is 0 Å². The summed E-state index contributed by atoms with van der Waals surface area (Å²) in [5.41, 5.74) is 0.739. The molecule has 0 spiro atoms. The minimum Gasteiger partial charge on any atom is -0.503 e. The van der Waals surface area contributed by atoms with Crippen LogP contribution in [0.25, 0.3) is 0 Å². The van der Waals surface area contributed by atoms with E-state index in [0.717, 1.165) is 50.9 Å². The second-order valence-electron chi connectivity index (χ2n) is 6.26. The molecular weight excluding hydrogens is 266 g/mol. The van der Waals surface area contributed by atoms with E-state index in [-0.39, 0.29) is 17.8 Å². The van der Waals surface area contributed by atoms with E-state index in [4.69, 9.17) is 4.74 Å². The number of nitrogens with zero attached hydrogens (tertiary/aromatic N) is 3. The predicted octanol–water partition coefficient (Wildman–Crippen LogP) is 3.23. The van der Waals surface area contributed by atoms with Gasteiger partial charge in [0, 0.05) is 19.0 Å². The van der Waals surface area contributed by atoms with Crippen LogP contribution in [-0.4, -0.2) is 34.3 Å². The van der Waals surface area contributed by atoms with Crippen LogP contribution < -0.4 is 9.64 Å².